The molecule has 0 aliphatic carbocycles. The summed E-state index contributed by atoms with van der Waals surface area (Å²) >= 11 is 12.4. The number of halogens is 2. The van der Waals surface area contributed by atoms with Crippen molar-refractivity contribution in [1.82, 2.24) is 9.88 Å². The second-order valence-electron chi connectivity index (χ2n) is 7.58. The molecule has 9 heteroatoms. The Bertz CT molecular complexity index is 1180. The summed E-state index contributed by atoms with van der Waals surface area (Å²) in [7, 11) is 1.60. The number of nitriles is 1. The van der Waals surface area contributed by atoms with E-state index >= 15 is 0 Å². The molecule has 1 saturated heterocycles. The molecule has 2 aromatic carbocycles. The first-order valence-corrected chi connectivity index (χ1v) is 11.4. The first kappa shape index (κ1) is 23.4. The zero-order valence-corrected chi connectivity index (χ0v) is 19.7. The van der Waals surface area contributed by atoms with Crippen LogP contribution in [0, 0.1) is 11.3 Å². The number of ether oxygens (including phenoxy) is 3. The van der Waals surface area contributed by atoms with Crippen LogP contribution in [-0.2, 0) is 4.74 Å². The Morgan fingerprint density at radius 2 is 2.00 bits per heavy atom. The standard InChI is InChI=1S/C24H24Cl2N4O3/c1-31-22-13-21-18(12-23(22)33-8-2-5-30-6-9-32-10-7-30)24(16(14-27)15-28-21)29-20-4-3-17(25)11-19(20)26/h3-4,11-13,15H,2,5-10H2,1H3,(H,28,29). The predicted octanol–water partition coefficient (Wildman–Crippen LogP) is 5.27. The van der Waals surface area contributed by atoms with Crippen LogP contribution >= 0.6 is 23.2 Å². The molecule has 1 N–H and O–H groups in total. The van der Waals surface area contributed by atoms with Gasteiger partial charge in [-0.3, -0.25) is 9.88 Å². The van der Waals surface area contributed by atoms with E-state index in [9.17, 15) is 5.26 Å². The van der Waals surface area contributed by atoms with Gasteiger partial charge in [0.05, 0.1) is 54.4 Å². The normalized spacial score (nSPS) is 14.1. The number of methoxy groups -OCH3 is 1. The van der Waals surface area contributed by atoms with Crippen molar-refractivity contribution in [2.45, 2.75) is 6.42 Å². The Morgan fingerprint density at radius 3 is 2.73 bits per heavy atom. The summed E-state index contributed by atoms with van der Waals surface area (Å²) in [6.07, 6.45) is 2.40. The average Bonchev–Trinajstić information content (AvgIpc) is 2.83. The molecule has 0 atom stereocenters. The van der Waals surface area contributed by atoms with Crippen molar-refractivity contribution in [3.8, 4) is 17.6 Å². The van der Waals surface area contributed by atoms with Gasteiger partial charge < -0.3 is 19.5 Å². The molecule has 1 aromatic heterocycles. The first-order chi connectivity index (χ1) is 16.1. The number of hydrogen-bond donors (Lipinski definition) is 1. The van der Waals surface area contributed by atoms with Crippen molar-refractivity contribution in [3.05, 3.63) is 52.1 Å². The number of pyridine rings is 1. The molecule has 1 aliphatic rings. The molecule has 0 spiro atoms. The van der Waals surface area contributed by atoms with Crippen LogP contribution in [0.5, 0.6) is 11.5 Å². The Balaban J connectivity index is 1.60. The highest BCUT2D eigenvalue weighted by molar-refractivity contribution is 6.36. The first-order valence-electron chi connectivity index (χ1n) is 10.6. The van der Waals surface area contributed by atoms with Gasteiger partial charge in [-0.15, -0.1) is 0 Å². The summed E-state index contributed by atoms with van der Waals surface area (Å²) in [5.74, 6) is 1.18. The molecule has 33 heavy (non-hydrogen) atoms. The second kappa shape index (κ2) is 10.9. The van der Waals surface area contributed by atoms with Crippen molar-refractivity contribution in [3.63, 3.8) is 0 Å². The van der Waals surface area contributed by atoms with E-state index in [0.717, 1.165) is 44.7 Å². The maximum Gasteiger partial charge on any atom is 0.162 e. The number of rotatable bonds is 8. The van der Waals surface area contributed by atoms with Gasteiger partial charge in [-0.05, 0) is 30.7 Å². The quantitative estimate of drug-likeness (QED) is 0.434. The molecule has 172 valence electrons. The van der Waals surface area contributed by atoms with Gasteiger partial charge in [0.2, 0.25) is 0 Å². The highest BCUT2D eigenvalue weighted by Crippen LogP contribution is 2.38. The van der Waals surface area contributed by atoms with Crippen LogP contribution in [0.15, 0.2) is 36.5 Å². The third-order valence-electron chi connectivity index (χ3n) is 5.44. The predicted molar refractivity (Wildman–Crippen MR) is 130 cm³/mol. The molecule has 0 radical (unpaired) electrons. The molecule has 0 bridgehead atoms. The smallest absolute Gasteiger partial charge is 0.162 e. The van der Waals surface area contributed by atoms with Gasteiger partial charge in [-0.25, -0.2) is 0 Å². The molecule has 4 rings (SSSR count). The van der Waals surface area contributed by atoms with Gasteiger partial charge in [0.25, 0.3) is 0 Å². The van der Waals surface area contributed by atoms with Gasteiger partial charge in [-0.1, -0.05) is 23.2 Å². The van der Waals surface area contributed by atoms with E-state index in [-0.39, 0.29) is 0 Å². The minimum Gasteiger partial charge on any atom is -0.493 e. The lowest BCUT2D eigenvalue weighted by molar-refractivity contribution is 0.0357. The molecule has 1 fully saturated rings. The Labute approximate surface area is 202 Å². The van der Waals surface area contributed by atoms with Crippen LogP contribution in [0.1, 0.15) is 12.0 Å². The number of nitrogens with one attached hydrogen (secondary N) is 1. The Kier molecular flexibility index (Phi) is 7.73. The van der Waals surface area contributed by atoms with Crippen molar-refractivity contribution in [2.24, 2.45) is 0 Å². The van der Waals surface area contributed by atoms with E-state index in [1.54, 1.807) is 25.3 Å². The molecule has 0 amide bonds. The van der Waals surface area contributed by atoms with Crippen LogP contribution in [0.4, 0.5) is 11.4 Å². The number of benzene rings is 2. The van der Waals surface area contributed by atoms with Crippen LogP contribution in [0.25, 0.3) is 10.9 Å². The third kappa shape index (κ3) is 5.60. The maximum absolute atomic E-state index is 9.68. The fourth-order valence-electron chi connectivity index (χ4n) is 3.71. The molecule has 0 unspecified atom stereocenters. The SMILES string of the molecule is COc1cc2ncc(C#N)c(Nc3ccc(Cl)cc3Cl)c2cc1OCCCN1CCOCC1. The molecule has 1 aliphatic heterocycles. The van der Waals surface area contributed by atoms with Gasteiger partial charge in [0, 0.05) is 42.3 Å². The summed E-state index contributed by atoms with van der Waals surface area (Å²) in [6, 6.07) is 11.0. The van der Waals surface area contributed by atoms with Gasteiger partial charge in [0.1, 0.15) is 6.07 Å². The number of morpholine rings is 1. The summed E-state index contributed by atoms with van der Waals surface area (Å²) in [4.78, 5) is 6.79. The number of nitrogens with zero attached hydrogens (tertiary/aromatic N) is 3. The van der Waals surface area contributed by atoms with E-state index in [1.165, 1.54) is 6.20 Å². The number of aromatic nitrogens is 1. The molecular weight excluding hydrogens is 463 g/mol. The zero-order valence-electron chi connectivity index (χ0n) is 18.2. The molecule has 7 nitrogen and oxygen atoms in total. The number of hydrogen-bond acceptors (Lipinski definition) is 7. The Morgan fingerprint density at radius 1 is 1.18 bits per heavy atom. The topological polar surface area (TPSA) is 79.6 Å². The van der Waals surface area contributed by atoms with Crippen LogP contribution < -0.4 is 14.8 Å². The van der Waals surface area contributed by atoms with Crippen LogP contribution in [-0.4, -0.2) is 56.4 Å². The largest absolute Gasteiger partial charge is 0.493 e. The van der Waals surface area contributed by atoms with Gasteiger partial charge in [0.15, 0.2) is 11.5 Å². The molecule has 3 aromatic rings. The summed E-state index contributed by atoms with van der Waals surface area (Å²) in [5.41, 5.74) is 2.28. The summed E-state index contributed by atoms with van der Waals surface area (Å²) in [6.45, 7) is 4.94. The lowest BCUT2D eigenvalue weighted by Gasteiger charge is -2.26. The van der Waals surface area contributed by atoms with Gasteiger partial charge in [-0.2, -0.15) is 5.26 Å². The lowest BCUT2D eigenvalue weighted by atomic mass is 10.1. The fraction of sp³-hybridized carbons (Fsp3) is 0.333. The van der Waals surface area contributed by atoms with Crippen LogP contribution in [0.3, 0.4) is 0 Å². The molecule has 2 heterocycles. The van der Waals surface area contributed by atoms with E-state index < -0.39 is 0 Å². The van der Waals surface area contributed by atoms with Crippen molar-refractivity contribution >= 4 is 45.5 Å². The fourth-order valence-corrected chi connectivity index (χ4v) is 4.17. The summed E-state index contributed by atoms with van der Waals surface area (Å²) in [5, 5.41) is 14.7. The van der Waals surface area contributed by atoms with E-state index in [0.29, 0.717) is 50.6 Å². The van der Waals surface area contributed by atoms with Gasteiger partial charge >= 0.3 is 0 Å². The second-order valence-corrected chi connectivity index (χ2v) is 8.43. The zero-order chi connectivity index (χ0) is 23.2. The van der Waals surface area contributed by atoms with Crippen molar-refractivity contribution in [2.75, 3.05) is 51.9 Å². The maximum atomic E-state index is 9.68. The minimum atomic E-state index is 0.386. The molecule has 0 saturated carbocycles. The highest BCUT2D eigenvalue weighted by atomic mass is 35.5. The average molecular weight is 487 g/mol. The number of fused-ring (bicyclic) bond motifs is 1. The van der Waals surface area contributed by atoms with E-state index in [1.807, 2.05) is 12.1 Å². The monoisotopic (exact) mass is 486 g/mol. The lowest BCUT2D eigenvalue weighted by Crippen LogP contribution is -2.37. The third-order valence-corrected chi connectivity index (χ3v) is 5.99. The van der Waals surface area contributed by atoms with E-state index in [2.05, 4.69) is 21.3 Å². The molecular formula is C24H24Cl2N4O3. The summed E-state index contributed by atoms with van der Waals surface area (Å²) < 4.78 is 17.0. The van der Waals surface area contributed by atoms with Crippen LogP contribution in [0.2, 0.25) is 10.0 Å². The van der Waals surface area contributed by atoms with Crippen molar-refractivity contribution in [1.29, 1.82) is 5.26 Å². The van der Waals surface area contributed by atoms with Crippen molar-refractivity contribution < 1.29 is 14.2 Å². The highest BCUT2D eigenvalue weighted by Gasteiger charge is 2.16. The van der Waals surface area contributed by atoms with E-state index in [4.69, 9.17) is 37.4 Å². The minimum absolute atomic E-state index is 0.386. The number of anilines is 2. The Hall–Kier alpha value is -2.76.